The Labute approximate surface area is 116 Å². The van der Waals surface area contributed by atoms with E-state index in [0.29, 0.717) is 5.69 Å². The van der Waals surface area contributed by atoms with Crippen molar-refractivity contribution in [1.82, 2.24) is 10.2 Å². The Bertz CT molecular complexity index is 633. The largest absolute Gasteiger partial charge is 0.433 e. The van der Waals surface area contributed by atoms with Crippen molar-refractivity contribution >= 4 is 29.0 Å². The lowest BCUT2D eigenvalue weighted by atomic mass is 10.3. The molecule has 0 aliphatic heterocycles. The molecule has 106 valence electrons. The summed E-state index contributed by atoms with van der Waals surface area (Å²) in [5.74, 6) is -0.493. The van der Waals surface area contributed by atoms with Crippen LogP contribution in [-0.2, 0) is 0 Å². The van der Waals surface area contributed by atoms with Gasteiger partial charge >= 0.3 is 6.61 Å². The van der Waals surface area contributed by atoms with Crippen molar-refractivity contribution in [2.24, 2.45) is 0 Å². The molecule has 0 radical (unpaired) electrons. The fourth-order valence-corrected chi connectivity index (χ4v) is 1.65. The van der Waals surface area contributed by atoms with Crippen molar-refractivity contribution in [3.8, 4) is 5.75 Å². The smallest absolute Gasteiger partial charge is 0.387 e. The van der Waals surface area contributed by atoms with E-state index < -0.39 is 12.5 Å². The number of aromatic nitrogens is 2. The number of alkyl halides is 2. The highest BCUT2D eigenvalue weighted by Crippen LogP contribution is 2.29. The predicted molar refractivity (Wildman–Crippen MR) is 69.0 cm³/mol. The number of rotatable bonds is 4. The second-order valence-electron chi connectivity index (χ2n) is 3.68. The first kappa shape index (κ1) is 14.1. The second kappa shape index (κ2) is 5.74. The van der Waals surface area contributed by atoms with Crippen LogP contribution in [0.25, 0.3) is 0 Å². The van der Waals surface area contributed by atoms with Gasteiger partial charge in [-0.1, -0.05) is 11.6 Å². The van der Waals surface area contributed by atoms with Crippen LogP contribution in [0.1, 0.15) is 10.5 Å². The molecule has 0 aliphatic carbocycles. The number of hydrogen-bond donors (Lipinski definition) is 3. The predicted octanol–water partition coefficient (Wildman–Crippen LogP) is 2.50. The number of nitrogen functional groups attached to an aromatic ring is 1. The van der Waals surface area contributed by atoms with Crippen LogP contribution in [-0.4, -0.2) is 22.7 Å². The number of amides is 1. The molecule has 0 saturated heterocycles. The minimum atomic E-state index is -2.97. The fraction of sp³-hybridized carbons (Fsp3) is 0.0909. The van der Waals surface area contributed by atoms with Crippen LogP contribution in [0.2, 0.25) is 5.02 Å². The first-order valence-electron chi connectivity index (χ1n) is 5.32. The van der Waals surface area contributed by atoms with E-state index in [0.717, 1.165) is 0 Å². The van der Waals surface area contributed by atoms with Crippen LogP contribution >= 0.6 is 11.6 Å². The minimum absolute atomic E-state index is 0.0489. The van der Waals surface area contributed by atoms with Crippen LogP contribution in [0.3, 0.4) is 0 Å². The van der Waals surface area contributed by atoms with E-state index in [4.69, 9.17) is 17.3 Å². The number of H-pyrrole nitrogens is 1. The Hall–Kier alpha value is -2.35. The zero-order valence-electron chi connectivity index (χ0n) is 9.86. The molecule has 0 spiro atoms. The number of nitrogens with two attached hydrogens (primary N) is 1. The van der Waals surface area contributed by atoms with E-state index in [1.165, 1.54) is 24.3 Å². The van der Waals surface area contributed by atoms with Gasteiger partial charge in [-0.25, -0.2) is 0 Å². The van der Waals surface area contributed by atoms with Crippen LogP contribution in [0.15, 0.2) is 24.3 Å². The molecule has 0 saturated carbocycles. The Morgan fingerprint density at radius 2 is 2.20 bits per heavy atom. The molecule has 1 amide bonds. The number of carbonyl (C=O) groups excluding carboxylic acids is 1. The Morgan fingerprint density at radius 1 is 1.45 bits per heavy atom. The van der Waals surface area contributed by atoms with Crippen LogP contribution < -0.4 is 15.8 Å². The summed E-state index contributed by atoms with van der Waals surface area (Å²) >= 11 is 5.76. The molecule has 0 atom stereocenters. The molecule has 20 heavy (non-hydrogen) atoms. The molecule has 9 heteroatoms. The average molecular weight is 303 g/mol. The highest BCUT2D eigenvalue weighted by molar-refractivity contribution is 6.32. The number of benzene rings is 1. The number of carbonyl (C=O) groups is 1. The minimum Gasteiger partial charge on any atom is -0.433 e. The normalized spacial score (nSPS) is 10.6. The van der Waals surface area contributed by atoms with E-state index in [2.05, 4.69) is 20.3 Å². The number of anilines is 2. The zero-order chi connectivity index (χ0) is 14.7. The lowest BCUT2D eigenvalue weighted by molar-refractivity contribution is -0.0497. The van der Waals surface area contributed by atoms with Gasteiger partial charge in [0.15, 0.2) is 0 Å². The molecule has 0 aliphatic rings. The molecule has 4 N–H and O–H groups in total. The molecular formula is C11H9ClF2N4O2. The molecule has 0 unspecified atom stereocenters. The average Bonchev–Trinajstić information content (AvgIpc) is 2.79. The first-order valence-corrected chi connectivity index (χ1v) is 5.70. The van der Waals surface area contributed by atoms with Gasteiger partial charge in [-0.05, 0) is 18.2 Å². The lowest BCUT2D eigenvalue weighted by Crippen LogP contribution is -2.12. The molecule has 0 fully saturated rings. The number of aromatic amines is 1. The zero-order valence-corrected chi connectivity index (χ0v) is 10.6. The van der Waals surface area contributed by atoms with Gasteiger partial charge < -0.3 is 15.8 Å². The summed E-state index contributed by atoms with van der Waals surface area (Å²) in [6, 6.07) is 5.24. The van der Waals surface area contributed by atoms with Gasteiger partial charge in [0.2, 0.25) is 0 Å². The molecule has 6 nitrogen and oxygen atoms in total. The quantitative estimate of drug-likeness (QED) is 0.809. The number of nitrogens with zero attached hydrogens (tertiary/aromatic N) is 1. The number of hydrogen-bond acceptors (Lipinski definition) is 4. The summed E-state index contributed by atoms with van der Waals surface area (Å²) in [5.41, 5.74) is 5.84. The van der Waals surface area contributed by atoms with Gasteiger partial charge in [-0.2, -0.15) is 13.9 Å². The van der Waals surface area contributed by atoms with Crippen molar-refractivity contribution in [2.45, 2.75) is 6.61 Å². The Kier molecular flexibility index (Phi) is 4.04. The molecule has 2 aromatic rings. The van der Waals surface area contributed by atoms with Gasteiger partial charge in [0.25, 0.3) is 5.91 Å². The maximum atomic E-state index is 12.1. The van der Waals surface area contributed by atoms with E-state index in [9.17, 15) is 13.6 Å². The maximum absolute atomic E-state index is 12.1. The number of halogens is 3. The summed E-state index contributed by atoms with van der Waals surface area (Å²) in [4.78, 5) is 11.8. The topological polar surface area (TPSA) is 93.0 Å². The number of ether oxygens (including phenoxy) is 1. The SMILES string of the molecule is Nc1cc(C(=O)Nc2ccc(OC(F)F)c(Cl)c2)[nH]n1. The van der Waals surface area contributed by atoms with Crippen molar-refractivity contribution < 1.29 is 18.3 Å². The van der Waals surface area contributed by atoms with Crippen LogP contribution in [0.5, 0.6) is 5.75 Å². The van der Waals surface area contributed by atoms with Crippen molar-refractivity contribution in [2.75, 3.05) is 11.1 Å². The van der Waals surface area contributed by atoms with E-state index in [-0.39, 0.29) is 22.3 Å². The van der Waals surface area contributed by atoms with Crippen molar-refractivity contribution in [3.05, 3.63) is 35.0 Å². The van der Waals surface area contributed by atoms with Gasteiger partial charge in [0.1, 0.15) is 17.3 Å². The van der Waals surface area contributed by atoms with E-state index in [1.54, 1.807) is 0 Å². The van der Waals surface area contributed by atoms with Crippen LogP contribution in [0.4, 0.5) is 20.3 Å². The Balaban J connectivity index is 2.10. The third-order valence-corrected chi connectivity index (χ3v) is 2.54. The number of nitrogens with one attached hydrogen (secondary N) is 2. The molecule has 2 rings (SSSR count). The molecule has 0 bridgehead atoms. The lowest BCUT2D eigenvalue weighted by Gasteiger charge is -2.09. The molecule has 1 aromatic carbocycles. The summed E-state index contributed by atoms with van der Waals surface area (Å²) in [7, 11) is 0. The highest BCUT2D eigenvalue weighted by atomic mass is 35.5. The third-order valence-electron chi connectivity index (χ3n) is 2.25. The first-order chi connectivity index (χ1) is 9.45. The van der Waals surface area contributed by atoms with Gasteiger partial charge in [0, 0.05) is 11.8 Å². The Morgan fingerprint density at radius 3 is 2.75 bits per heavy atom. The van der Waals surface area contributed by atoms with E-state index in [1.807, 2.05) is 0 Å². The van der Waals surface area contributed by atoms with E-state index >= 15 is 0 Å². The molecule has 1 aromatic heterocycles. The second-order valence-corrected chi connectivity index (χ2v) is 4.09. The summed E-state index contributed by atoms with van der Waals surface area (Å²) in [6.45, 7) is -2.97. The summed E-state index contributed by atoms with van der Waals surface area (Å²) in [5, 5.41) is 8.49. The monoisotopic (exact) mass is 302 g/mol. The van der Waals surface area contributed by atoms with Crippen molar-refractivity contribution in [1.29, 1.82) is 0 Å². The highest BCUT2D eigenvalue weighted by Gasteiger charge is 2.12. The maximum Gasteiger partial charge on any atom is 0.387 e. The molecule has 1 heterocycles. The van der Waals surface area contributed by atoms with Gasteiger partial charge in [-0.3, -0.25) is 9.89 Å². The summed E-state index contributed by atoms with van der Waals surface area (Å²) in [6.07, 6.45) is 0. The standard InChI is InChI=1S/C11H9ClF2N4O2/c12-6-3-5(1-2-8(6)20-11(13)14)16-10(19)7-4-9(15)18-17-7/h1-4,11H,(H,16,19)(H3,15,17,18). The fourth-order valence-electron chi connectivity index (χ4n) is 1.42. The van der Waals surface area contributed by atoms with Crippen molar-refractivity contribution in [3.63, 3.8) is 0 Å². The van der Waals surface area contributed by atoms with Gasteiger partial charge in [0.05, 0.1) is 5.02 Å². The molecular weight excluding hydrogens is 294 g/mol. The summed E-state index contributed by atoms with van der Waals surface area (Å²) < 4.78 is 28.3. The van der Waals surface area contributed by atoms with Gasteiger partial charge in [-0.15, -0.1) is 0 Å². The van der Waals surface area contributed by atoms with Crippen LogP contribution in [0, 0.1) is 0 Å². The third kappa shape index (κ3) is 3.35.